The van der Waals surface area contributed by atoms with Crippen molar-refractivity contribution in [3.63, 3.8) is 0 Å². The summed E-state index contributed by atoms with van der Waals surface area (Å²) in [7, 11) is 0. The summed E-state index contributed by atoms with van der Waals surface area (Å²) in [4.78, 5) is 0. The van der Waals surface area contributed by atoms with Crippen LogP contribution in [0.1, 0.15) is 90.7 Å². The van der Waals surface area contributed by atoms with Gasteiger partial charge in [-0.2, -0.15) is 0 Å². The average Bonchev–Trinajstić information content (AvgIpc) is 3.23. The smallest absolute Gasteiger partial charge is 0.174 e. The lowest BCUT2D eigenvalue weighted by molar-refractivity contribution is -0.296. The Morgan fingerprint density at radius 1 is 0.821 bits per heavy atom. The molecule has 8 atom stereocenters. The van der Waals surface area contributed by atoms with Gasteiger partial charge in [-0.3, -0.25) is 0 Å². The van der Waals surface area contributed by atoms with E-state index in [1.165, 1.54) is 5.56 Å². The minimum atomic E-state index is -1.01. The Labute approximate surface area is 233 Å². The van der Waals surface area contributed by atoms with E-state index in [1.807, 2.05) is 0 Å². The average molecular weight is 539 g/mol. The highest BCUT2D eigenvalue weighted by Crippen LogP contribution is 2.78. The maximum Gasteiger partial charge on any atom is 0.174 e. The molecule has 0 bridgehead atoms. The molecule has 39 heavy (non-hydrogen) atoms. The van der Waals surface area contributed by atoms with Gasteiger partial charge in [0.2, 0.25) is 0 Å². The van der Waals surface area contributed by atoms with Crippen molar-refractivity contribution in [2.45, 2.75) is 114 Å². The summed E-state index contributed by atoms with van der Waals surface area (Å²) < 4.78 is 32.2. The number of ether oxygens (including phenoxy) is 5. The summed E-state index contributed by atoms with van der Waals surface area (Å²) >= 11 is 0. The first-order valence-electron chi connectivity index (χ1n) is 15.5. The topological polar surface area (TPSA) is 69.7 Å². The second-order valence-electron chi connectivity index (χ2n) is 15.5. The van der Waals surface area contributed by atoms with E-state index >= 15 is 0 Å². The fraction of sp³-hybridized carbons (Fsp3) is 0.818. The molecule has 8 rings (SSSR count). The molecule has 0 radical (unpaired) electrons. The molecular formula is C33H46O6. The van der Waals surface area contributed by atoms with Crippen LogP contribution in [0.5, 0.6) is 0 Å². The zero-order valence-electron chi connectivity index (χ0n) is 24.4. The number of benzene rings is 1. The summed E-state index contributed by atoms with van der Waals surface area (Å²) in [6, 6.07) is 8.89. The molecule has 3 aliphatic heterocycles. The van der Waals surface area contributed by atoms with Gasteiger partial charge in [-0.15, -0.1) is 0 Å². The van der Waals surface area contributed by atoms with Crippen LogP contribution in [0.2, 0.25) is 0 Å². The quantitative estimate of drug-likeness (QED) is 0.480. The van der Waals surface area contributed by atoms with Gasteiger partial charge in [0, 0.05) is 36.0 Å². The van der Waals surface area contributed by atoms with E-state index in [1.54, 1.807) is 0 Å². The summed E-state index contributed by atoms with van der Waals surface area (Å²) in [5.74, 6) is -0.251. The van der Waals surface area contributed by atoms with Crippen LogP contribution >= 0.6 is 0 Å². The first kappa shape index (κ1) is 25.7. The van der Waals surface area contributed by atoms with Crippen molar-refractivity contribution < 1.29 is 28.8 Å². The van der Waals surface area contributed by atoms with E-state index in [4.69, 9.17) is 23.7 Å². The molecule has 4 aliphatic carbocycles. The third-order valence-corrected chi connectivity index (χ3v) is 12.9. The van der Waals surface area contributed by atoms with Crippen molar-refractivity contribution in [2.75, 3.05) is 26.4 Å². The fourth-order valence-electron chi connectivity index (χ4n) is 11.1. The number of aliphatic hydroxyl groups is 1. The van der Waals surface area contributed by atoms with Crippen LogP contribution in [0, 0.1) is 28.6 Å². The van der Waals surface area contributed by atoms with E-state index in [9.17, 15) is 5.11 Å². The highest BCUT2D eigenvalue weighted by molar-refractivity contribution is 5.37. The van der Waals surface area contributed by atoms with Crippen molar-refractivity contribution in [3.8, 4) is 0 Å². The highest BCUT2D eigenvalue weighted by Gasteiger charge is 2.82. The second kappa shape index (κ2) is 7.67. The lowest BCUT2D eigenvalue weighted by Crippen LogP contribution is -2.68. The largest absolute Gasteiger partial charge is 0.385 e. The maximum absolute atomic E-state index is 13.4. The number of hydrogen-bond donors (Lipinski definition) is 1. The molecule has 1 aromatic carbocycles. The van der Waals surface area contributed by atoms with Crippen LogP contribution in [0.25, 0.3) is 0 Å². The van der Waals surface area contributed by atoms with Crippen molar-refractivity contribution in [1.82, 2.24) is 0 Å². The summed E-state index contributed by atoms with van der Waals surface area (Å²) in [6.07, 6.45) is 6.41. The minimum Gasteiger partial charge on any atom is -0.385 e. The standard InChI is InChI=1S/C33H46O6/c1-27(2,3)21-6-8-22(9-7-21)31(34)19-29(5)24(10-11-33(29)37-16-17-38-33)23-18-25-32(39-25)20-30(35-14-15-36-30)13-12-28(32,4)26(23)31/h6-9,23-26,34H,10-20H2,1-5H3. The molecule has 7 fully saturated rings. The van der Waals surface area contributed by atoms with E-state index < -0.39 is 17.2 Å². The summed E-state index contributed by atoms with van der Waals surface area (Å²) in [6.45, 7) is 14.1. The van der Waals surface area contributed by atoms with Gasteiger partial charge in [0.05, 0.1) is 38.1 Å². The lowest BCUT2D eigenvalue weighted by atomic mass is 9.40. The number of fused-ring (bicyclic) bond motifs is 5. The molecule has 3 heterocycles. The van der Waals surface area contributed by atoms with Crippen molar-refractivity contribution in [3.05, 3.63) is 35.4 Å². The Hall–Kier alpha value is -1.02. The third-order valence-electron chi connectivity index (χ3n) is 12.9. The van der Waals surface area contributed by atoms with Gasteiger partial charge in [0.1, 0.15) is 5.60 Å². The Bertz CT molecular complexity index is 1160. The molecule has 8 unspecified atom stereocenters. The maximum atomic E-state index is 13.4. The fourth-order valence-corrected chi connectivity index (χ4v) is 11.1. The van der Waals surface area contributed by atoms with E-state index in [0.29, 0.717) is 44.7 Å². The van der Waals surface area contributed by atoms with Gasteiger partial charge in [0.25, 0.3) is 0 Å². The minimum absolute atomic E-state index is 0.0588. The van der Waals surface area contributed by atoms with Gasteiger partial charge in [-0.1, -0.05) is 58.9 Å². The SMILES string of the molecule is CC(C)(C)c1ccc(C2(O)CC3(C)C(CCC34OCCO4)C3CC4OC45CC4(CCC5(C)C32)OCCO4)cc1. The van der Waals surface area contributed by atoms with Crippen molar-refractivity contribution >= 4 is 0 Å². The van der Waals surface area contributed by atoms with Crippen LogP contribution in [0.15, 0.2) is 24.3 Å². The predicted molar refractivity (Wildman–Crippen MR) is 145 cm³/mol. The molecule has 3 saturated heterocycles. The molecule has 3 spiro atoms. The van der Waals surface area contributed by atoms with Crippen LogP contribution < -0.4 is 0 Å². The van der Waals surface area contributed by atoms with Gasteiger partial charge < -0.3 is 28.8 Å². The predicted octanol–water partition coefficient (Wildman–Crippen LogP) is 5.44. The molecule has 4 saturated carbocycles. The Morgan fingerprint density at radius 3 is 2.15 bits per heavy atom. The molecule has 6 heteroatoms. The molecule has 7 aliphatic rings. The summed E-state index contributed by atoms with van der Waals surface area (Å²) in [5.41, 5.74) is 0.643. The molecule has 1 N–H and O–H groups in total. The van der Waals surface area contributed by atoms with Crippen LogP contribution in [-0.4, -0.2) is 54.8 Å². The lowest BCUT2D eigenvalue weighted by Gasteiger charge is -2.65. The van der Waals surface area contributed by atoms with Gasteiger partial charge in [-0.25, -0.2) is 0 Å². The first-order chi connectivity index (χ1) is 18.4. The molecule has 0 aromatic heterocycles. The normalized spacial score (nSPS) is 49.0. The number of hydrogen-bond acceptors (Lipinski definition) is 6. The Balaban J connectivity index is 1.27. The van der Waals surface area contributed by atoms with Gasteiger partial charge in [0.15, 0.2) is 11.6 Å². The zero-order chi connectivity index (χ0) is 27.1. The Morgan fingerprint density at radius 2 is 1.49 bits per heavy atom. The molecule has 6 nitrogen and oxygen atoms in total. The van der Waals surface area contributed by atoms with Crippen LogP contribution in [0.3, 0.4) is 0 Å². The molecule has 0 amide bonds. The van der Waals surface area contributed by atoms with Crippen molar-refractivity contribution in [2.24, 2.45) is 28.6 Å². The number of rotatable bonds is 1. The Kier molecular flexibility index (Phi) is 5.05. The summed E-state index contributed by atoms with van der Waals surface area (Å²) in [5, 5.41) is 13.4. The molecule has 1 aromatic rings. The number of epoxide rings is 1. The zero-order valence-corrected chi connectivity index (χ0v) is 24.4. The van der Waals surface area contributed by atoms with Gasteiger partial charge >= 0.3 is 0 Å². The highest BCUT2D eigenvalue weighted by atomic mass is 16.7. The molecule has 214 valence electrons. The van der Waals surface area contributed by atoms with E-state index in [-0.39, 0.29) is 33.9 Å². The molecular weight excluding hydrogens is 492 g/mol. The second-order valence-corrected chi connectivity index (χ2v) is 15.5. The third kappa shape index (κ3) is 3.09. The monoisotopic (exact) mass is 538 g/mol. The van der Waals surface area contributed by atoms with E-state index in [0.717, 1.165) is 44.1 Å². The van der Waals surface area contributed by atoms with E-state index in [2.05, 4.69) is 58.9 Å². The van der Waals surface area contributed by atoms with Gasteiger partial charge in [-0.05, 0) is 54.1 Å². The van der Waals surface area contributed by atoms with Crippen LogP contribution in [0.4, 0.5) is 0 Å². The first-order valence-corrected chi connectivity index (χ1v) is 15.5. The van der Waals surface area contributed by atoms with Crippen molar-refractivity contribution in [1.29, 1.82) is 0 Å². The van der Waals surface area contributed by atoms with Crippen LogP contribution in [-0.2, 0) is 34.7 Å².